The van der Waals surface area contributed by atoms with E-state index in [-0.39, 0.29) is 12.5 Å². The number of nitrogens with one attached hydrogen (secondary N) is 1. The summed E-state index contributed by atoms with van der Waals surface area (Å²) in [5.41, 5.74) is 0.904. The summed E-state index contributed by atoms with van der Waals surface area (Å²) < 4.78 is 6.25. The predicted octanol–water partition coefficient (Wildman–Crippen LogP) is 3.34. The number of halogens is 1. The van der Waals surface area contributed by atoms with Crippen LogP contribution in [0.5, 0.6) is 5.75 Å². The van der Waals surface area contributed by atoms with Crippen molar-refractivity contribution in [2.45, 2.75) is 0 Å². The van der Waals surface area contributed by atoms with Crippen molar-refractivity contribution in [3.63, 3.8) is 0 Å². The van der Waals surface area contributed by atoms with E-state index >= 15 is 0 Å². The van der Waals surface area contributed by atoms with Crippen LogP contribution in [0, 0.1) is 11.3 Å². The van der Waals surface area contributed by atoms with Crippen molar-refractivity contribution in [1.82, 2.24) is 0 Å². The van der Waals surface area contributed by atoms with Crippen LogP contribution < -0.4 is 10.1 Å². The van der Waals surface area contributed by atoms with Crippen LogP contribution in [-0.2, 0) is 4.79 Å². The summed E-state index contributed by atoms with van der Waals surface area (Å²) in [7, 11) is 0. The first-order valence-electron chi connectivity index (χ1n) is 5.86. The van der Waals surface area contributed by atoms with Crippen molar-refractivity contribution in [3.8, 4) is 11.8 Å². The van der Waals surface area contributed by atoms with E-state index in [1.807, 2.05) is 18.2 Å². The molecule has 0 heterocycles. The number of hydrogen-bond acceptors (Lipinski definition) is 3. The Morgan fingerprint density at radius 2 is 2.05 bits per heavy atom. The van der Waals surface area contributed by atoms with Crippen LogP contribution in [0.2, 0.25) is 0 Å². The summed E-state index contributed by atoms with van der Waals surface area (Å²) in [6.45, 7) is -0.115. The molecule has 2 aromatic carbocycles. The molecule has 100 valence electrons. The highest BCUT2D eigenvalue weighted by Crippen LogP contribution is 2.18. The van der Waals surface area contributed by atoms with E-state index in [4.69, 9.17) is 10.00 Å². The van der Waals surface area contributed by atoms with Crippen molar-refractivity contribution in [3.05, 3.63) is 58.6 Å². The van der Waals surface area contributed by atoms with Gasteiger partial charge < -0.3 is 10.1 Å². The zero-order valence-corrected chi connectivity index (χ0v) is 12.1. The number of nitriles is 1. The molecule has 0 saturated heterocycles. The molecule has 0 fully saturated rings. The molecule has 0 saturated carbocycles. The number of para-hydroxylation sites is 1. The van der Waals surface area contributed by atoms with Gasteiger partial charge in [-0.15, -0.1) is 0 Å². The van der Waals surface area contributed by atoms with Gasteiger partial charge in [0.2, 0.25) is 0 Å². The Balaban J connectivity index is 1.95. The van der Waals surface area contributed by atoms with Crippen molar-refractivity contribution in [2.75, 3.05) is 11.9 Å². The second kappa shape index (κ2) is 6.73. The van der Waals surface area contributed by atoms with Gasteiger partial charge in [-0.25, -0.2) is 0 Å². The number of amides is 1. The number of anilines is 1. The van der Waals surface area contributed by atoms with E-state index < -0.39 is 0 Å². The molecule has 2 rings (SSSR count). The molecule has 0 aliphatic heterocycles. The molecule has 1 amide bonds. The minimum absolute atomic E-state index is 0.115. The molecule has 0 spiro atoms. The number of carbonyl (C=O) groups is 1. The van der Waals surface area contributed by atoms with Crippen molar-refractivity contribution >= 4 is 27.5 Å². The molecule has 0 aromatic heterocycles. The Hall–Kier alpha value is -2.32. The number of benzene rings is 2. The quantitative estimate of drug-likeness (QED) is 0.935. The highest BCUT2D eigenvalue weighted by molar-refractivity contribution is 9.10. The molecule has 0 unspecified atom stereocenters. The third-order valence-corrected chi connectivity index (χ3v) is 2.98. The van der Waals surface area contributed by atoms with Crippen LogP contribution in [0.3, 0.4) is 0 Å². The minimum Gasteiger partial charge on any atom is -0.484 e. The minimum atomic E-state index is -0.312. The van der Waals surface area contributed by atoms with Gasteiger partial charge in [-0.1, -0.05) is 34.1 Å². The maximum Gasteiger partial charge on any atom is 0.262 e. The maximum absolute atomic E-state index is 11.8. The van der Waals surface area contributed by atoms with E-state index in [2.05, 4.69) is 21.2 Å². The van der Waals surface area contributed by atoms with Gasteiger partial charge in [0, 0.05) is 4.47 Å². The van der Waals surface area contributed by atoms with Gasteiger partial charge in [-0.05, 0) is 30.3 Å². The zero-order chi connectivity index (χ0) is 14.4. The Morgan fingerprint density at radius 3 is 2.80 bits per heavy atom. The summed E-state index contributed by atoms with van der Waals surface area (Å²) in [6, 6.07) is 16.1. The lowest BCUT2D eigenvalue weighted by Crippen LogP contribution is -2.20. The first-order valence-corrected chi connectivity index (χ1v) is 6.65. The second-order valence-electron chi connectivity index (χ2n) is 3.95. The van der Waals surface area contributed by atoms with Gasteiger partial charge in [0.05, 0.1) is 11.3 Å². The highest BCUT2D eigenvalue weighted by Gasteiger charge is 2.07. The summed E-state index contributed by atoms with van der Waals surface area (Å²) in [5.74, 6) is 0.288. The van der Waals surface area contributed by atoms with Gasteiger partial charge >= 0.3 is 0 Å². The number of ether oxygens (including phenoxy) is 1. The fraction of sp³-hybridized carbons (Fsp3) is 0.0667. The topological polar surface area (TPSA) is 62.1 Å². The van der Waals surface area contributed by atoms with E-state index in [9.17, 15) is 4.79 Å². The average Bonchev–Trinajstić information content (AvgIpc) is 2.46. The van der Waals surface area contributed by atoms with Crippen LogP contribution >= 0.6 is 15.9 Å². The Bertz CT molecular complexity index is 665. The van der Waals surface area contributed by atoms with Gasteiger partial charge in [0.15, 0.2) is 6.61 Å². The average molecular weight is 331 g/mol. The smallest absolute Gasteiger partial charge is 0.262 e. The van der Waals surface area contributed by atoms with Crippen LogP contribution in [0.4, 0.5) is 5.69 Å². The van der Waals surface area contributed by atoms with E-state index in [0.717, 1.165) is 4.47 Å². The van der Waals surface area contributed by atoms with Gasteiger partial charge in [-0.3, -0.25) is 4.79 Å². The largest absolute Gasteiger partial charge is 0.484 e. The molecule has 0 bridgehead atoms. The highest BCUT2D eigenvalue weighted by atomic mass is 79.9. The van der Waals surface area contributed by atoms with Gasteiger partial charge in [0.1, 0.15) is 11.8 Å². The molecular formula is C15H11BrN2O2. The Morgan fingerprint density at radius 1 is 1.25 bits per heavy atom. The second-order valence-corrected chi connectivity index (χ2v) is 4.87. The lowest BCUT2D eigenvalue weighted by atomic mass is 10.2. The van der Waals surface area contributed by atoms with Gasteiger partial charge in [0.25, 0.3) is 5.91 Å². The maximum atomic E-state index is 11.8. The van der Waals surface area contributed by atoms with Crippen LogP contribution in [0.1, 0.15) is 5.56 Å². The third kappa shape index (κ3) is 3.84. The summed E-state index contributed by atoms with van der Waals surface area (Å²) in [4.78, 5) is 11.8. The van der Waals surface area contributed by atoms with Crippen molar-refractivity contribution in [2.24, 2.45) is 0 Å². The lowest BCUT2D eigenvalue weighted by molar-refractivity contribution is -0.118. The van der Waals surface area contributed by atoms with Crippen molar-refractivity contribution < 1.29 is 9.53 Å². The first-order chi connectivity index (χ1) is 9.69. The normalized spacial score (nSPS) is 9.60. The molecule has 0 aliphatic rings. The number of hydrogen-bond donors (Lipinski definition) is 1. The lowest BCUT2D eigenvalue weighted by Gasteiger charge is -2.08. The van der Waals surface area contributed by atoms with Crippen LogP contribution in [0.25, 0.3) is 0 Å². The molecule has 1 N–H and O–H groups in total. The summed E-state index contributed by atoms with van der Waals surface area (Å²) >= 11 is 3.33. The van der Waals surface area contributed by atoms with E-state index in [0.29, 0.717) is 17.0 Å². The molecule has 0 radical (unpaired) electrons. The van der Waals surface area contributed by atoms with E-state index in [1.54, 1.807) is 36.4 Å². The van der Waals surface area contributed by atoms with Crippen molar-refractivity contribution in [1.29, 1.82) is 5.26 Å². The molecule has 0 atom stereocenters. The number of carbonyl (C=O) groups excluding carboxylic acids is 1. The van der Waals surface area contributed by atoms with Crippen LogP contribution in [0.15, 0.2) is 53.0 Å². The number of nitrogens with zero attached hydrogens (tertiary/aromatic N) is 1. The zero-order valence-electron chi connectivity index (χ0n) is 10.5. The predicted molar refractivity (Wildman–Crippen MR) is 79.4 cm³/mol. The SMILES string of the molecule is N#Cc1ccccc1NC(=O)COc1cccc(Br)c1. The Kier molecular flexibility index (Phi) is 4.75. The Labute approximate surface area is 125 Å². The van der Waals surface area contributed by atoms with Gasteiger partial charge in [-0.2, -0.15) is 5.26 Å². The monoisotopic (exact) mass is 330 g/mol. The standard InChI is InChI=1S/C15H11BrN2O2/c16-12-5-3-6-13(8-12)20-10-15(19)18-14-7-2-1-4-11(14)9-17/h1-8H,10H2,(H,18,19). The molecule has 5 heteroatoms. The fourth-order valence-electron chi connectivity index (χ4n) is 1.58. The number of rotatable bonds is 4. The third-order valence-electron chi connectivity index (χ3n) is 2.49. The fourth-order valence-corrected chi connectivity index (χ4v) is 1.96. The molecular weight excluding hydrogens is 320 g/mol. The van der Waals surface area contributed by atoms with E-state index in [1.165, 1.54) is 0 Å². The molecule has 20 heavy (non-hydrogen) atoms. The van der Waals surface area contributed by atoms with Crippen LogP contribution in [-0.4, -0.2) is 12.5 Å². The summed E-state index contributed by atoms with van der Waals surface area (Å²) in [5, 5.41) is 11.6. The molecule has 4 nitrogen and oxygen atoms in total. The first kappa shape index (κ1) is 14.1. The molecule has 0 aliphatic carbocycles. The summed E-state index contributed by atoms with van der Waals surface area (Å²) in [6.07, 6.45) is 0. The molecule has 2 aromatic rings.